The molecule has 1 amide bonds. The van der Waals surface area contributed by atoms with Gasteiger partial charge in [0.2, 0.25) is 0 Å². The van der Waals surface area contributed by atoms with Crippen molar-refractivity contribution < 1.29 is 4.79 Å². The van der Waals surface area contributed by atoms with Crippen molar-refractivity contribution in [2.75, 3.05) is 18.0 Å². The van der Waals surface area contributed by atoms with Crippen molar-refractivity contribution in [3.05, 3.63) is 84.2 Å². The monoisotopic (exact) mass is 368 g/mol. The summed E-state index contributed by atoms with van der Waals surface area (Å²) in [5.41, 5.74) is 5.95. The Kier molecular flexibility index (Phi) is 4.05. The van der Waals surface area contributed by atoms with Gasteiger partial charge in [-0.3, -0.25) is 4.79 Å². The smallest absolute Gasteiger partial charge is 0.253 e. The highest BCUT2D eigenvalue weighted by atomic mass is 16.1. The highest BCUT2D eigenvalue weighted by molar-refractivity contribution is 6.02. The maximum absolute atomic E-state index is 12.6. The standard InChI is InChI=1S/C23H20N4O/c28-23-19-9-8-17(20-14-26-22-18(20)7-4-10-24-22)13-21(19)27(12-11-25-23)15-16-5-2-1-3-6-16/h1-10,13-14H,11-12,15H2,(H,24,26)(H,25,28). The number of benzene rings is 2. The number of nitrogens with zero attached hydrogens (tertiary/aromatic N) is 2. The molecule has 0 saturated carbocycles. The van der Waals surface area contributed by atoms with Crippen LogP contribution in [0.1, 0.15) is 15.9 Å². The molecule has 5 heteroatoms. The maximum Gasteiger partial charge on any atom is 0.253 e. The molecule has 138 valence electrons. The number of amides is 1. The van der Waals surface area contributed by atoms with Gasteiger partial charge in [0.15, 0.2) is 0 Å². The van der Waals surface area contributed by atoms with E-state index in [0.717, 1.165) is 46.5 Å². The number of pyridine rings is 1. The lowest BCUT2D eigenvalue weighted by Gasteiger charge is -2.25. The van der Waals surface area contributed by atoms with E-state index in [1.807, 2.05) is 42.6 Å². The van der Waals surface area contributed by atoms with Gasteiger partial charge < -0.3 is 15.2 Å². The molecule has 4 aromatic rings. The average molecular weight is 368 g/mol. The molecule has 2 aromatic carbocycles. The van der Waals surface area contributed by atoms with E-state index in [4.69, 9.17) is 0 Å². The molecule has 0 spiro atoms. The summed E-state index contributed by atoms with van der Waals surface area (Å²) >= 11 is 0. The number of hydrogen-bond donors (Lipinski definition) is 2. The van der Waals surface area contributed by atoms with E-state index in [2.05, 4.69) is 44.5 Å². The first-order valence-corrected chi connectivity index (χ1v) is 9.43. The summed E-state index contributed by atoms with van der Waals surface area (Å²) in [6.45, 7) is 2.17. The molecule has 5 nitrogen and oxygen atoms in total. The Morgan fingerprint density at radius 2 is 1.89 bits per heavy atom. The van der Waals surface area contributed by atoms with Crippen LogP contribution >= 0.6 is 0 Å². The summed E-state index contributed by atoms with van der Waals surface area (Å²) in [6, 6.07) is 20.4. The van der Waals surface area contributed by atoms with Gasteiger partial charge in [-0.15, -0.1) is 0 Å². The fraction of sp³-hybridized carbons (Fsp3) is 0.130. The summed E-state index contributed by atoms with van der Waals surface area (Å²) in [5, 5.41) is 4.08. The second-order valence-electron chi connectivity index (χ2n) is 7.00. The van der Waals surface area contributed by atoms with E-state index in [1.165, 1.54) is 5.56 Å². The van der Waals surface area contributed by atoms with Gasteiger partial charge in [0.05, 0.1) is 11.3 Å². The van der Waals surface area contributed by atoms with Crippen molar-refractivity contribution in [3.8, 4) is 11.1 Å². The lowest BCUT2D eigenvalue weighted by atomic mass is 10.0. The Labute approximate surface area is 163 Å². The van der Waals surface area contributed by atoms with Crippen LogP contribution in [0.4, 0.5) is 5.69 Å². The van der Waals surface area contributed by atoms with Gasteiger partial charge in [-0.2, -0.15) is 0 Å². The molecule has 2 aromatic heterocycles. The van der Waals surface area contributed by atoms with Crippen molar-refractivity contribution in [2.45, 2.75) is 6.54 Å². The zero-order valence-corrected chi connectivity index (χ0v) is 15.4. The van der Waals surface area contributed by atoms with Gasteiger partial charge >= 0.3 is 0 Å². The molecule has 0 bridgehead atoms. The fourth-order valence-corrected chi connectivity index (χ4v) is 3.84. The minimum absolute atomic E-state index is 0.0160. The van der Waals surface area contributed by atoms with Gasteiger partial charge in [-0.05, 0) is 35.4 Å². The molecular formula is C23H20N4O. The lowest BCUT2D eigenvalue weighted by Crippen LogP contribution is -2.29. The first-order valence-electron chi connectivity index (χ1n) is 9.43. The van der Waals surface area contributed by atoms with E-state index >= 15 is 0 Å². The number of nitrogens with one attached hydrogen (secondary N) is 2. The molecule has 5 rings (SSSR count). The van der Waals surface area contributed by atoms with E-state index in [9.17, 15) is 4.79 Å². The van der Waals surface area contributed by atoms with Gasteiger partial charge in [-0.25, -0.2) is 4.98 Å². The number of aromatic nitrogens is 2. The normalized spacial score (nSPS) is 13.9. The summed E-state index contributed by atoms with van der Waals surface area (Å²) in [7, 11) is 0. The zero-order chi connectivity index (χ0) is 18.9. The lowest BCUT2D eigenvalue weighted by molar-refractivity contribution is 0.0958. The molecule has 3 heterocycles. The highest BCUT2D eigenvalue weighted by Gasteiger charge is 2.22. The summed E-state index contributed by atoms with van der Waals surface area (Å²) in [5.74, 6) is -0.0160. The number of hydrogen-bond acceptors (Lipinski definition) is 3. The van der Waals surface area contributed by atoms with Crippen molar-refractivity contribution >= 4 is 22.6 Å². The molecular weight excluding hydrogens is 348 g/mol. The van der Waals surface area contributed by atoms with E-state index in [1.54, 1.807) is 6.20 Å². The minimum Gasteiger partial charge on any atom is -0.365 e. The summed E-state index contributed by atoms with van der Waals surface area (Å²) < 4.78 is 0. The number of carbonyl (C=O) groups excluding carboxylic acids is 1. The molecule has 0 unspecified atom stereocenters. The largest absolute Gasteiger partial charge is 0.365 e. The Hall–Kier alpha value is -3.60. The number of fused-ring (bicyclic) bond motifs is 2. The van der Waals surface area contributed by atoms with E-state index < -0.39 is 0 Å². The predicted octanol–water partition coefficient (Wildman–Crippen LogP) is 3.98. The van der Waals surface area contributed by atoms with Gasteiger partial charge in [0, 0.05) is 43.0 Å². The van der Waals surface area contributed by atoms with Crippen LogP contribution in [0.15, 0.2) is 73.1 Å². The Balaban J connectivity index is 1.61. The Morgan fingerprint density at radius 1 is 1.00 bits per heavy atom. The second kappa shape index (κ2) is 6.85. The number of anilines is 1. The molecule has 0 fully saturated rings. The minimum atomic E-state index is -0.0160. The predicted molar refractivity (Wildman–Crippen MR) is 111 cm³/mol. The molecule has 28 heavy (non-hydrogen) atoms. The molecule has 0 aliphatic carbocycles. The van der Waals surface area contributed by atoms with Crippen molar-refractivity contribution in [1.29, 1.82) is 0 Å². The van der Waals surface area contributed by atoms with Crippen LogP contribution in [0.3, 0.4) is 0 Å². The number of H-pyrrole nitrogens is 1. The SMILES string of the molecule is O=C1NCCN(Cc2ccccc2)c2cc(-c3c[nH]c4ncccc34)ccc21. The van der Waals surface area contributed by atoms with Crippen molar-refractivity contribution in [1.82, 2.24) is 15.3 Å². The Bertz CT molecular complexity index is 1150. The van der Waals surface area contributed by atoms with Gasteiger partial charge in [0.1, 0.15) is 5.65 Å². The van der Waals surface area contributed by atoms with Crippen molar-refractivity contribution in [3.63, 3.8) is 0 Å². The van der Waals surface area contributed by atoms with Crippen LogP contribution in [0.5, 0.6) is 0 Å². The summed E-state index contributed by atoms with van der Waals surface area (Å²) in [4.78, 5) is 22.5. The number of aromatic amines is 1. The molecule has 0 saturated heterocycles. The fourth-order valence-electron chi connectivity index (χ4n) is 3.84. The third kappa shape index (κ3) is 2.91. The van der Waals surface area contributed by atoms with Crippen LogP contribution in [-0.4, -0.2) is 29.0 Å². The summed E-state index contributed by atoms with van der Waals surface area (Å²) in [6.07, 6.45) is 3.77. The Morgan fingerprint density at radius 3 is 2.79 bits per heavy atom. The molecule has 0 radical (unpaired) electrons. The third-order valence-corrected chi connectivity index (χ3v) is 5.23. The van der Waals surface area contributed by atoms with Crippen LogP contribution in [0, 0.1) is 0 Å². The highest BCUT2D eigenvalue weighted by Crippen LogP contribution is 2.33. The van der Waals surface area contributed by atoms with Gasteiger partial charge in [-0.1, -0.05) is 36.4 Å². The second-order valence-corrected chi connectivity index (χ2v) is 7.00. The third-order valence-electron chi connectivity index (χ3n) is 5.23. The van der Waals surface area contributed by atoms with Crippen LogP contribution in [0.25, 0.3) is 22.2 Å². The molecule has 2 N–H and O–H groups in total. The zero-order valence-electron chi connectivity index (χ0n) is 15.4. The van der Waals surface area contributed by atoms with E-state index in [0.29, 0.717) is 6.54 Å². The van der Waals surface area contributed by atoms with Gasteiger partial charge in [0.25, 0.3) is 5.91 Å². The average Bonchev–Trinajstić information content (AvgIpc) is 3.11. The molecule has 0 atom stereocenters. The van der Waals surface area contributed by atoms with Crippen LogP contribution < -0.4 is 10.2 Å². The topological polar surface area (TPSA) is 61.0 Å². The number of carbonyl (C=O) groups is 1. The van der Waals surface area contributed by atoms with Crippen LogP contribution in [-0.2, 0) is 6.54 Å². The first-order chi connectivity index (χ1) is 13.8. The molecule has 1 aliphatic rings. The van der Waals surface area contributed by atoms with E-state index in [-0.39, 0.29) is 5.91 Å². The van der Waals surface area contributed by atoms with Crippen LogP contribution in [0.2, 0.25) is 0 Å². The maximum atomic E-state index is 12.6. The quantitative estimate of drug-likeness (QED) is 0.575. The molecule has 1 aliphatic heterocycles. The first kappa shape index (κ1) is 16.6. The number of rotatable bonds is 3. The van der Waals surface area contributed by atoms with Crippen molar-refractivity contribution in [2.24, 2.45) is 0 Å².